The first-order valence-corrected chi connectivity index (χ1v) is 11.9. The molecule has 2 amide bonds. The number of primary amides is 1. The fraction of sp³-hybridized carbons (Fsp3) is 0.0833. The van der Waals surface area contributed by atoms with E-state index in [4.69, 9.17) is 14.9 Å². The van der Waals surface area contributed by atoms with Gasteiger partial charge in [0.1, 0.15) is 21.2 Å². The number of para-hydroxylation sites is 2. The Labute approximate surface area is 224 Å². The number of furan rings is 1. The van der Waals surface area contributed by atoms with Crippen LogP contribution in [-0.4, -0.2) is 31.5 Å². The first-order chi connectivity index (χ1) is 19.0. The summed E-state index contributed by atoms with van der Waals surface area (Å²) in [5.41, 5.74) is 3.62. The van der Waals surface area contributed by atoms with Crippen molar-refractivity contribution in [3.63, 3.8) is 0 Å². The van der Waals surface area contributed by atoms with Crippen molar-refractivity contribution in [1.82, 2.24) is 14.8 Å². The predicted octanol–water partition coefficient (Wildman–Crippen LogP) is 5.07. The molecule has 0 aliphatic rings. The second-order valence-electron chi connectivity index (χ2n) is 8.07. The number of aromatic nitrogens is 3. The average molecular weight is 572 g/mol. The van der Waals surface area contributed by atoms with Crippen molar-refractivity contribution >= 4 is 44.7 Å². The third kappa shape index (κ3) is 5.06. The van der Waals surface area contributed by atoms with Gasteiger partial charge in [0.15, 0.2) is 18.2 Å². The number of alkyl halides is 3. The van der Waals surface area contributed by atoms with Gasteiger partial charge in [-0.15, -0.1) is 11.3 Å². The number of nitrogens with zero attached hydrogens (tertiary/aromatic N) is 4. The van der Waals surface area contributed by atoms with E-state index >= 15 is 0 Å². The Bertz CT molecular complexity index is 1760. The number of hydrogen-bond donors (Lipinski definition) is 2. The van der Waals surface area contributed by atoms with Gasteiger partial charge in [-0.2, -0.15) is 18.3 Å². The van der Waals surface area contributed by atoms with Crippen molar-refractivity contribution in [2.45, 2.75) is 12.9 Å². The maximum Gasteiger partial charge on any atom is 0.433 e. The number of fused-ring (bicyclic) bond motifs is 1. The fourth-order valence-corrected chi connectivity index (χ4v) is 4.77. The van der Waals surface area contributed by atoms with Gasteiger partial charge in [-0.1, -0.05) is 12.1 Å². The number of benzene rings is 1. The van der Waals surface area contributed by atoms with Gasteiger partial charge in [-0.3, -0.25) is 19.7 Å². The number of ether oxygens (including phenoxy) is 1. The number of pyridine rings is 1. The van der Waals surface area contributed by atoms with Gasteiger partial charge in [0.25, 0.3) is 11.8 Å². The lowest BCUT2D eigenvalue weighted by Crippen LogP contribution is -2.18. The van der Waals surface area contributed by atoms with E-state index in [9.17, 15) is 32.9 Å². The molecular weight excluding hydrogens is 557 g/mol. The minimum absolute atomic E-state index is 0.0129. The number of nitrogens with one attached hydrogen (secondary N) is 1. The molecule has 0 aliphatic heterocycles. The summed E-state index contributed by atoms with van der Waals surface area (Å²) in [7, 11) is 0. The van der Waals surface area contributed by atoms with Crippen LogP contribution in [0.4, 0.5) is 24.5 Å². The molecule has 0 aliphatic carbocycles. The Morgan fingerprint density at radius 2 is 1.98 bits per heavy atom. The summed E-state index contributed by atoms with van der Waals surface area (Å²) in [6, 6.07) is 10.6. The Morgan fingerprint density at radius 3 is 2.65 bits per heavy atom. The van der Waals surface area contributed by atoms with Crippen LogP contribution < -0.4 is 15.8 Å². The minimum atomic E-state index is -4.80. The lowest BCUT2D eigenvalue weighted by molar-refractivity contribution is -0.386. The highest BCUT2D eigenvalue weighted by Crippen LogP contribution is 2.43. The van der Waals surface area contributed by atoms with E-state index in [1.807, 2.05) is 0 Å². The number of anilines is 1. The molecule has 12 nitrogen and oxygen atoms in total. The standard InChI is InChI=1S/C24H15F3N6O6S/c25-24(26,27)17-10-12(15-6-3-9-38-15)18-19(20(21(28)34)40-23(18)29-17)30-22(35)13-7-8-32(31-13)11-39-16-5-2-1-4-14(16)33(36)37/h1-10H,11H2,(H2,28,34)(H,30,35). The van der Waals surface area contributed by atoms with Crippen LogP contribution in [0.15, 0.2) is 65.4 Å². The largest absolute Gasteiger partial charge is 0.464 e. The Hall–Kier alpha value is -5.25. The first kappa shape index (κ1) is 26.4. The number of nitro groups is 1. The van der Waals surface area contributed by atoms with Crippen LogP contribution in [-0.2, 0) is 12.9 Å². The zero-order valence-electron chi connectivity index (χ0n) is 19.8. The zero-order chi connectivity index (χ0) is 28.6. The summed E-state index contributed by atoms with van der Waals surface area (Å²) in [6.45, 7) is -0.279. The molecule has 0 unspecified atom stereocenters. The number of nitro benzene ring substituents is 1. The Morgan fingerprint density at radius 1 is 1.20 bits per heavy atom. The molecule has 16 heteroatoms. The van der Waals surface area contributed by atoms with Gasteiger partial charge in [0.05, 0.1) is 16.9 Å². The molecule has 5 aromatic rings. The van der Waals surface area contributed by atoms with Crippen LogP contribution >= 0.6 is 11.3 Å². The van der Waals surface area contributed by atoms with E-state index in [1.54, 1.807) is 6.07 Å². The smallest absolute Gasteiger partial charge is 0.433 e. The zero-order valence-corrected chi connectivity index (χ0v) is 20.7. The van der Waals surface area contributed by atoms with E-state index in [0.717, 1.165) is 6.07 Å². The van der Waals surface area contributed by atoms with E-state index in [1.165, 1.54) is 53.5 Å². The van der Waals surface area contributed by atoms with Crippen molar-refractivity contribution < 1.29 is 36.8 Å². The molecular formula is C24H15F3N6O6S. The van der Waals surface area contributed by atoms with Crippen LogP contribution in [0.3, 0.4) is 0 Å². The lowest BCUT2D eigenvalue weighted by Gasteiger charge is -2.10. The number of hydrogen-bond acceptors (Lipinski definition) is 9. The fourth-order valence-electron chi connectivity index (χ4n) is 3.76. The maximum atomic E-state index is 13.6. The van der Waals surface area contributed by atoms with Crippen molar-refractivity contribution in [3.8, 4) is 17.1 Å². The van der Waals surface area contributed by atoms with Gasteiger partial charge >= 0.3 is 11.9 Å². The predicted molar refractivity (Wildman–Crippen MR) is 135 cm³/mol. The van der Waals surface area contributed by atoms with Crippen LogP contribution in [0, 0.1) is 10.1 Å². The number of amides is 2. The second-order valence-corrected chi connectivity index (χ2v) is 9.07. The number of rotatable bonds is 8. The highest BCUT2D eigenvalue weighted by molar-refractivity contribution is 7.21. The van der Waals surface area contributed by atoms with Crippen LogP contribution in [0.2, 0.25) is 0 Å². The van der Waals surface area contributed by atoms with E-state index in [-0.39, 0.29) is 56.0 Å². The average Bonchev–Trinajstić information content (AvgIpc) is 3.67. The monoisotopic (exact) mass is 572 g/mol. The number of carbonyl (C=O) groups is 2. The summed E-state index contributed by atoms with van der Waals surface area (Å²) in [5.74, 6) is -1.79. The Kier molecular flexibility index (Phi) is 6.68. The quantitative estimate of drug-likeness (QED) is 0.192. The number of carbonyl (C=O) groups excluding carboxylic acids is 2. The van der Waals surface area contributed by atoms with Crippen molar-refractivity contribution in [2.75, 3.05) is 5.32 Å². The molecule has 4 aromatic heterocycles. The van der Waals surface area contributed by atoms with Crippen molar-refractivity contribution in [2.24, 2.45) is 5.73 Å². The summed E-state index contributed by atoms with van der Waals surface area (Å²) in [6.07, 6.45) is -2.17. The molecule has 0 saturated carbocycles. The molecule has 0 saturated heterocycles. The summed E-state index contributed by atoms with van der Waals surface area (Å²) in [5, 5.41) is 17.8. The van der Waals surface area contributed by atoms with Gasteiger partial charge in [0, 0.05) is 23.2 Å². The van der Waals surface area contributed by atoms with Crippen molar-refractivity contribution in [3.05, 3.63) is 87.4 Å². The molecule has 4 heterocycles. The van der Waals surface area contributed by atoms with Crippen LogP contribution in [0.25, 0.3) is 21.5 Å². The number of thiophene rings is 1. The highest BCUT2D eigenvalue weighted by atomic mass is 32.1. The van der Waals surface area contributed by atoms with Crippen molar-refractivity contribution in [1.29, 1.82) is 0 Å². The molecule has 1 aromatic carbocycles. The normalized spacial score (nSPS) is 11.5. The van der Waals surface area contributed by atoms with E-state index in [0.29, 0.717) is 11.3 Å². The van der Waals surface area contributed by atoms with Gasteiger partial charge in [-0.05, 0) is 30.3 Å². The molecule has 40 heavy (non-hydrogen) atoms. The molecule has 5 rings (SSSR count). The molecule has 0 atom stereocenters. The van der Waals surface area contributed by atoms with Gasteiger partial charge in [-0.25, -0.2) is 9.67 Å². The highest BCUT2D eigenvalue weighted by Gasteiger charge is 2.35. The molecule has 0 bridgehead atoms. The summed E-state index contributed by atoms with van der Waals surface area (Å²) in [4.78, 5) is 39.1. The molecule has 0 fully saturated rings. The van der Waals surface area contributed by atoms with Gasteiger partial charge < -0.3 is 20.2 Å². The molecule has 0 spiro atoms. The third-order valence-corrected chi connectivity index (χ3v) is 6.59. The van der Waals surface area contributed by atoms with Crippen LogP contribution in [0.1, 0.15) is 25.9 Å². The summed E-state index contributed by atoms with van der Waals surface area (Å²) >= 11 is 0.583. The number of nitrogens with two attached hydrogens (primary N) is 1. The summed E-state index contributed by atoms with van der Waals surface area (Å²) < 4.78 is 52.6. The first-order valence-electron chi connectivity index (χ1n) is 11.1. The molecule has 3 N–H and O–H groups in total. The second kappa shape index (κ2) is 10.1. The van der Waals surface area contributed by atoms with E-state index < -0.39 is 28.6 Å². The van der Waals surface area contributed by atoms with E-state index in [2.05, 4.69) is 15.4 Å². The van der Waals surface area contributed by atoms with Gasteiger partial charge in [0.2, 0.25) is 0 Å². The molecule has 204 valence electrons. The maximum absolute atomic E-state index is 13.6. The SMILES string of the molecule is NC(=O)c1sc2nc(C(F)(F)F)cc(-c3ccco3)c2c1NC(=O)c1ccn(COc2ccccc2[N+](=O)[O-])n1. The lowest BCUT2D eigenvalue weighted by atomic mass is 10.1. The third-order valence-electron chi connectivity index (χ3n) is 5.49. The van der Waals surface area contributed by atoms with Crippen LogP contribution in [0.5, 0.6) is 5.75 Å². The Balaban J connectivity index is 1.48. The minimum Gasteiger partial charge on any atom is -0.464 e. The molecule has 0 radical (unpaired) electrons. The number of halogens is 3. The topological polar surface area (TPSA) is 168 Å².